The Morgan fingerprint density at radius 1 is 1.33 bits per heavy atom. The molecule has 0 spiro atoms. The second-order valence-electron chi connectivity index (χ2n) is 4.04. The average Bonchev–Trinajstić information content (AvgIpc) is 2.15. The molecule has 1 aromatic carbocycles. The van der Waals surface area contributed by atoms with E-state index in [1.165, 1.54) is 0 Å². The van der Waals surface area contributed by atoms with E-state index in [1.54, 1.807) is 6.07 Å². The molecule has 0 saturated heterocycles. The first-order valence-corrected chi connectivity index (χ1v) is 4.38. The molecule has 1 aromatic rings. The molecular weight excluding hydrogens is 305 g/mol. The molecule has 1 rings (SSSR count). The maximum atomic E-state index is 11.2. The number of rotatable bonds is 2. The molecule has 0 aliphatic carbocycles. The lowest BCUT2D eigenvalue weighted by molar-refractivity contribution is -0.0000114. The Morgan fingerprint density at radius 3 is 2.40 bits per heavy atom. The summed E-state index contributed by atoms with van der Waals surface area (Å²) in [4.78, 5) is 11.2. The topological polar surface area (TPSA) is 55.1 Å². The predicted molar refractivity (Wildman–Crippen MR) is 57.7 cm³/mol. The number of nitrogens with two attached hydrogens (primary N) is 1. The molecule has 0 unspecified atom stereocenters. The Balaban J connectivity index is 0.00000196. The molecule has 0 aliphatic heterocycles. The number of hydrogen-bond acceptors (Lipinski definition) is 2. The van der Waals surface area contributed by atoms with Crippen LogP contribution in [-0.4, -0.2) is 27.1 Å². The summed E-state index contributed by atoms with van der Waals surface area (Å²) < 4.78 is 0.672. The van der Waals surface area contributed by atoms with E-state index in [0.717, 1.165) is 5.69 Å². The zero-order valence-corrected chi connectivity index (χ0v) is 11.3. The number of nitrogen functional groups attached to an aromatic ring is 1. The average molecular weight is 321 g/mol. The lowest BCUT2D eigenvalue weighted by Gasteiger charge is -2.23. The lowest BCUT2D eigenvalue weighted by Crippen LogP contribution is -3.00. The SMILES string of the molecule is C[N+](C)(C)c1cccc(C(=O)NN)c1.[I-]. The number of carbonyl (C=O) groups excluding carboxylic acids is 1. The largest absolute Gasteiger partial charge is 1.00 e. The van der Waals surface area contributed by atoms with Gasteiger partial charge < -0.3 is 24.0 Å². The quantitative estimate of drug-likeness (QED) is 0.208. The fourth-order valence-corrected chi connectivity index (χ4v) is 1.15. The first-order chi connectivity index (χ1) is 6.45. The highest BCUT2D eigenvalue weighted by Gasteiger charge is 2.14. The number of nitrogens with one attached hydrogen (secondary N) is 1. The lowest BCUT2D eigenvalue weighted by atomic mass is 10.1. The van der Waals surface area contributed by atoms with Gasteiger partial charge in [-0.2, -0.15) is 0 Å². The van der Waals surface area contributed by atoms with Gasteiger partial charge in [0.2, 0.25) is 0 Å². The van der Waals surface area contributed by atoms with Gasteiger partial charge in [0.15, 0.2) is 0 Å². The fraction of sp³-hybridized carbons (Fsp3) is 0.300. The third kappa shape index (κ3) is 3.77. The van der Waals surface area contributed by atoms with Crippen LogP contribution in [0.2, 0.25) is 0 Å². The second-order valence-corrected chi connectivity index (χ2v) is 4.04. The van der Waals surface area contributed by atoms with Crippen LogP contribution >= 0.6 is 0 Å². The highest BCUT2D eigenvalue weighted by molar-refractivity contribution is 5.94. The molecule has 0 atom stereocenters. The standard InChI is InChI=1S/C10H15N3O.HI/c1-13(2,3)9-6-4-5-8(7-9)10(14)12-11;/h4-7H,11H2,1-3H3;1H. The van der Waals surface area contributed by atoms with E-state index in [9.17, 15) is 4.79 Å². The van der Waals surface area contributed by atoms with E-state index in [0.29, 0.717) is 10.0 Å². The highest BCUT2D eigenvalue weighted by Crippen LogP contribution is 2.17. The third-order valence-electron chi connectivity index (χ3n) is 2.01. The molecule has 5 heteroatoms. The number of quaternary nitrogens is 1. The summed E-state index contributed by atoms with van der Waals surface area (Å²) >= 11 is 0. The monoisotopic (exact) mass is 321 g/mol. The molecule has 0 bridgehead atoms. The van der Waals surface area contributed by atoms with Gasteiger partial charge in [0, 0.05) is 11.6 Å². The van der Waals surface area contributed by atoms with E-state index in [2.05, 4.69) is 5.43 Å². The van der Waals surface area contributed by atoms with Crippen LogP contribution in [-0.2, 0) is 0 Å². The van der Waals surface area contributed by atoms with Gasteiger partial charge in [-0.05, 0) is 12.1 Å². The Bertz CT molecular complexity index is 347. The number of nitrogens with zero attached hydrogens (tertiary/aromatic N) is 1. The Kier molecular flexibility index (Phi) is 5.19. The van der Waals surface area contributed by atoms with Gasteiger partial charge in [0.1, 0.15) is 5.69 Å². The molecule has 0 radical (unpaired) electrons. The summed E-state index contributed by atoms with van der Waals surface area (Å²) in [7, 11) is 6.12. The van der Waals surface area contributed by atoms with Crippen molar-refractivity contribution in [2.24, 2.45) is 5.84 Å². The van der Waals surface area contributed by atoms with Gasteiger partial charge in [0.05, 0.1) is 21.1 Å². The maximum absolute atomic E-state index is 11.2. The van der Waals surface area contributed by atoms with Gasteiger partial charge in [0.25, 0.3) is 5.91 Å². The molecule has 0 fully saturated rings. The molecule has 1 amide bonds. The molecular formula is C10H16IN3O. The minimum atomic E-state index is -0.264. The van der Waals surface area contributed by atoms with Gasteiger partial charge in [-0.1, -0.05) is 6.07 Å². The molecule has 15 heavy (non-hydrogen) atoms. The van der Waals surface area contributed by atoms with Gasteiger partial charge in [-0.25, -0.2) is 5.84 Å². The van der Waals surface area contributed by atoms with Crippen LogP contribution in [0, 0.1) is 0 Å². The van der Waals surface area contributed by atoms with Crippen molar-refractivity contribution in [2.45, 2.75) is 0 Å². The number of amides is 1. The first-order valence-electron chi connectivity index (χ1n) is 4.38. The summed E-state index contributed by atoms with van der Waals surface area (Å²) in [6.45, 7) is 0. The van der Waals surface area contributed by atoms with Crippen molar-refractivity contribution in [1.82, 2.24) is 9.91 Å². The van der Waals surface area contributed by atoms with Crippen LogP contribution in [0.4, 0.5) is 5.69 Å². The molecule has 84 valence electrons. The summed E-state index contributed by atoms with van der Waals surface area (Å²) in [5.41, 5.74) is 3.76. The van der Waals surface area contributed by atoms with Crippen molar-refractivity contribution in [3.05, 3.63) is 29.8 Å². The van der Waals surface area contributed by atoms with Crippen LogP contribution < -0.4 is 39.7 Å². The Labute approximate surface area is 107 Å². The van der Waals surface area contributed by atoms with Gasteiger partial charge >= 0.3 is 0 Å². The van der Waals surface area contributed by atoms with E-state index in [4.69, 9.17) is 5.84 Å². The second kappa shape index (κ2) is 5.43. The smallest absolute Gasteiger partial charge is 0.265 e. The van der Waals surface area contributed by atoms with Crippen molar-refractivity contribution in [3.8, 4) is 0 Å². The number of benzene rings is 1. The van der Waals surface area contributed by atoms with E-state index in [-0.39, 0.29) is 29.9 Å². The van der Waals surface area contributed by atoms with Crippen LogP contribution in [0.5, 0.6) is 0 Å². The van der Waals surface area contributed by atoms with Crippen molar-refractivity contribution in [2.75, 3.05) is 21.1 Å². The number of halogens is 1. The minimum Gasteiger partial charge on any atom is -1.00 e. The molecule has 4 nitrogen and oxygen atoms in total. The van der Waals surface area contributed by atoms with E-state index < -0.39 is 0 Å². The first kappa shape index (κ1) is 14.3. The Hall–Kier alpha value is -0.660. The zero-order valence-electron chi connectivity index (χ0n) is 9.12. The molecule has 0 heterocycles. The van der Waals surface area contributed by atoms with Crippen LogP contribution in [0.3, 0.4) is 0 Å². The Morgan fingerprint density at radius 2 is 1.93 bits per heavy atom. The highest BCUT2D eigenvalue weighted by atomic mass is 127. The summed E-state index contributed by atoms with van der Waals surface area (Å²) in [5, 5.41) is 0. The van der Waals surface area contributed by atoms with Crippen molar-refractivity contribution in [1.29, 1.82) is 0 Å². The molecule has 0 aromatic heterocycles. The molecule has 0 aliphatic rings. The van der Waals surface area contributed by atoms with Gasteiger partial charge in [-0.3, -0.25) is 14.7 Å². The fourth-order valence-electron chi connectivity index (χ4n) is 1.15. The van der Waals surface area contributed by atoms with Crippen molar-refractivity contribution in [3.63, 3.8) is 0 Å². The molecule has 0 saturated carbocycles. The molecule has 3 N–H and O–H groups in total. The summed E-state index contributed by atoms with van der Waals surface area (Å²) in [6.07, 6.45) is 0. The number of hydrazine groups is 1. The van der Waals surface area contributed by atoms with Crippen LogP contribution in [0.1, 0.15) is 10.4 Å². The zero-order chi connectivity index (χ0) is 10.8. The number of hydrogen-bond donors (Lipinski definition) is 2. The predicted octanol–water partition coefficient (Wildman–Crippen LogP) is -2.51. The van der Waals surface area contributed by atoms with Crippen LogP contribution in [0.15, 0.2) is 24.3 Å². The minimum absolute atomic E-state index is 0. The van der Waals surface area contributed by atoms with Crippen molar-refractivity contribution < 1.29 is 28.8 Å². The maximum Gasteiger partial charge on any atom is 0.265 e. The van der Waals surface area contributed by atoms with E-state index >= 15 is 0 Å². The van der Waals surface area contributed by atoms with Gasteiger partial charge in [-0.15, -0.1) is 0 Å². The summed E-state index contributed by atoms with van der Waals surface area (Å²) in [6, 6.07) is 7.40. The summed E-state index contributed by atoms with van der Waals surface area (Å²) in [5.74, 6) is 4.79. The van der Waals surface area contributed by atoms with E-state index in [1.807, 2.05) is 39.3 Å². The number of carbonyl (C=O) groups is 1. The third-order valence-corrected chi connectivity index (χ3v) is 2.01. The van der Waals surface area contributed by atoms with Crippen molar-refractivity contribution >= 4 is 11.6 Å². The van der Waals surface area contributed by atoms with Crippen LogP contribution in [0.25, 0.3) is 0 Å². The normalized spacial score (nSPS) is 10.4.